The second-order valence-corrected chi connectivity index (χ2v) is 7.33. The van der Waals surface area contributed by atoms with Crippen LogP contribution >= 0.6 is 0 Å². The zero-order chi connectivity index (χ0) is 13.2. The lowest BCUT2D eigenvalue weighted by Crippen LogP contribution is -2.64. The van der Waals surface area contributed by atoms with Gasteiger partial charge < -0.3 is 5.32 Å². The average Bonchev–Trinajstić information content (AvgIpc) is 2.74. The number of nitrogens with zero attached hydrogens (tertiary/aromatic N) is 1. The minimum absolute atomic E-state index is 0.475. The zero-order valence-electron chi connectivity index (χ0n) is 12.8. The van der Waals surface area contributed by atoms with E-state index in [2.05, 4.69) is 37.9 Å². The van der Waals surface area contributed by atoms with E-state index < -0.39 is 0 Å². The van der Waals surface area contributed by atoms with Crippen LogP contribution in [0.1, 0.15) is 59.8 Å². The third-order valence-corrected chi connectivity index (χ3v) is 4.98. The first-order chi connectivity index (χ1) is 8.52. The summed E-state index contributed by atoms with van der Waals surface area (Å²) in [7, 11) is 0. The molecule has 1 spiro atoms. The molecule has 1 atom stereocenters. The summed E-state index contributed by atoms with van der Waals surface area (Å²) in [4.78, 5) is 2.80. The first-order valence-corrected chi connectivity index (χ1v) is 8.01. The SMILES string of the molecule is CC(C)CCN1CC2(CCCC2)NCC1C(C)C. The molecule has 2 aliphatic rings. The normalized spacial score (nSPS) is 28.7. The fraction of sp³-hybridized carbons (Fsp3) is 1.00. The molecule has 1 aliphatic carbocycles. The van der Waals surface area contributed by atoms with E-state index in [1.54, 1.807) is 0 Å². The van der Waals surface area contributed by atoms with Gasteiger partial charge in [0.05, 0.1) is 0 Å². The van der Waals surface area contributed by atoms with Crippen molar-refractivity contribution in [3.05, 3.63) is 0 Å². The predicted molar refractivity (Wildman–Crippen MR) is 78.9 cm³/mol. The summed E-state index contributed by atoms with van der Waals surface area (Å²) < 4.78 is 0. The Kier molecular flexibility index (Phi) is 4.71. The second-order valence-electron chi connectivity index (χ2n) is 7.33. The van der Waals surface area contributed by atoms with E-state index in [0.717, 1.165) is 17.9 Å². The molecule has 1 saturated carbocycles. The van der Waals surface area contributed by atoms with Gasteiger partial charge in [0.1, 0.15) is 0 Å². The minimum Gasteiger partial charge on any atom is -0.308 e. The first kappa shape index (κ1) is 14.3. The molecule has 1 heterocycles. The lowest BCUT2D eigenvalue weighted by molar-refractivity contribution is 0.0535. The van der Waals surface area contributed by atoms with Crippen molar-refractivity contribution >= 4 is 0 Å². The predicted octanol–water partition coefficient (Wildman–Crippen LogP) is 3.28. The summed E-state index contributed by atoms with van der Waals surface area (Å²) in [5, 5.41) is 3.90. The second kappa shape index (κ2) is 5.92. The molecule has 2 heteroatoms. The van der Waals surface area contributed by atoms with Gasteiger partial charge in [-0.25, -0.2) is 0 Å². The summed E-state index contributed by atoms with van der Waals surface area (Å²) in [6.45, 7) is 13.2. The Labute approximate surface area is 114 Å². The van der Waals surface area contributed by atoms with Gasteiger partial charge >= 0.3 is 0 Å². The highest BCUT2D eigenvalue weighted by Gasteiger charge is 2.41. The van der Waals surface area contributed by atoms with E-state index in [4.69, 9.17) is 0 Å². The molecule has 0 radical (unpaired) electrons. The van der Waals surface area contributed by atoms with Crippen LogP contribution in [0.3, 0.4) is 0 Å². The molecule has 0 aromatic rings. The molecule has 1 saturated heterocycles. The van der Waals surface area contributed by atoms with E-state index in [-0.39, 0.29) is 0 Å². The molecular formula is C16H32N2. The van der Waals surface area contributed by atoms with Crippen molar-refractivity contribution in [2.24, 2.45) is 11.8 Å². The third kappa shape index (κ3) is 3.27. The molecule has 0 aromatic heterocycles. The van der Waals surface area contributed by atoms with Gasteiger partial charge in [0.25, 0.3) is 0 Å². The standard InChI is InChI=1S/C16H32N2/c1-13(2)7-10-18-12-16(8-5-6-9-16)17-11-15(18)14(3)4/h13-15,17H,5-12H2,1-4H3. The average molecular weight is 252 g/mol. The topological polar surface area (TPSA) is 15.3 Å². The van der Waals surface area contributed by atoms with Gasteiger partial charge in [0.15, 0.2) is 0 Å². The van der Waals surface area contributed by atoms with E-state index in [1.807, 2.05) is 0 Å². The van der Waals surface area contributed by atoms with Gasteiger partial charge in [-0.2, -0.15) is 0 Å². The first-order valence-electron chi connectivity index (χ1n) is 8.01. The third-order valence-electron chi connectivity index (χ3n) is 4.98. The van der Waals surface area contributed by atoms with Crippen molar-refractivity contribution in [1.82, 2.24) is 10.2 Å². The molecule has 1 aliphatic heterocycles. The molecule has 1 unspecified atom stereocenters. The Balaban J connectivity index is 1.98. The van der Waals surface area contributed by atoms with Crippen LogP contribution in [0.5, 0.6) is 0 Å². The van der Waals surface area contributed by atoms with Gasteiger partial charge in [-0.3, -0.25) is 4.90 Å². The lowest BCUT2D eigenvalue weighted by Gasteiger charge is -2.48. The maximum atomic E-state index is 3.90. The summed E-state index contributed by atoms with van der Waals surface area (Å²) in [5.41, 5.74) is 0.475. The van der Waals surface area contributed by atoms with Crippen LogP contribution in [0.15, 0.2) is 0 Å². The smallest absolute Gasteiger partial charge is 0.0309 e. The van der Waals surface area contributed by atoms with Crippen molar-refractivity contribution < 1.29 is 0 Å². The number of hydrogen-bond donors (Lipinski definition) is 1. The minimum atomic E-state index is 0.475. The van der Waals surface area contributed by atoms with Crippen LogP contribution in [-0.2, 0) is 0 Å². The summed E-state index contributed by atoms with van der Waals surface area (Å²) >= 11 is 0. The molecule has 0 bridgehead atoms. The number of rotatable bonds is 4. The van der Waals surface area contributed by atoms with Gasteiger partial charge in [0, 0.05) is 24.7 Å². The van der Waals surface area contributed by atoms with Crippen molar-refractivity contribution in [2.75, 3.05) is 19.6 Å². The van der Waals surface area contributed by atoms with E-state index >= 15 is 0 Å². The van der Waals surface area contributed by atoms with Crippen molar-refractivity contribution in [3.63, 3.8) is 0 Å². The van der Waals surface area contributed by atoms with Crippen LogP contribution < -0.4 is 5.32 Å². The van der Waals surface area contributed by atoms with Crippen LogP contribution in [0.4, 0.5) is 0 Å². The van der Waals surface area contributed by atoms with E-state index in [1.165, 1.54) is 51.7 Å². The molecule has 2 fully saturated rings. The number of hydrogen-bond acceptors (Lipinski definition) is 2. The van der Waals surface area contributed by atoms with Gasteiger partial charge in [0.2, 0.25) is 0 Å². The Morgan fingerprint density at radius 3 is 2.39 bits per heavy atom. The maximum Gasteiger partial charge on any atom is 0.0309 e. The van der Waals surface area contributed by atoms with Gasteiger partial charge in [-0.1, -0.05) is 40.5 Å². The number of nitrogens with one attached hydrogen (secondary N) is 1. The highest BCUT2D eigenvalue weighted by atomic mass is 15.3. The molecular weight excluding hydrogens is 220 g/mol. The molecule has 2 rings (SSSR count). The number of piperazine rings is 1. The molecule has 0 aromatic carbocycles. The van der Waals surface area contributed by atoms with Crippen LogP contribution in [0.2, 0.25) is 0 Å². The van der Waals surface area contributed by atoms with Crippen molar-refractivity contribution in [1.29, 1.82) is 0 Å². The van der Waals surface area contributed by atoms with E-state index in [0.29, 0.717) is 5.54 Å². The Morgan fingerprint density at radius 2 is 1.83 bits per heavy atom. The molecule has 0 amide bonds. The van der Waals surface area contributed by atoms with Crippen LogP contribution in [0, 0.1) is 11.8 Å². The molecule has 18 heavy (non-hydrogen) atoms. The molecule has 2 nitrogen and oxygen atoms in total. The fourth-order valence-corrected chi connectivity index (χ4v) is 3.72. The summed E-state index contributed by atoms with van der Waals surface area (Å²) in [5.74, 6) is 1.59. The highest BCUT2D eigenvalue weighted by Crippen LogP contribution is 2.34. The van der Waals surface area contributed by atoms with Gasteiger partial charge in [-0.05, 0) is 37.6 Å². The van der Waals surface area contributed by atoms with Gasteiger partial charge in [-0.15, -0.1) is 0 Å². The Bertz CT molecular complexity index is 254. The maximum absolute atomic E-state index is 3.90. The summed E-state index contributed by atoms with van der Waals surface area (Å²) in [6, 6.07) is 0.745. The largest absolute Gasteiger partial charge is 0.308 e. The van der Waals surface area contributed by atoms with Crippen molar-refractivity contribution in [2.45, 2.75) is 71.4 Å². The zero-order valence-corrected chi connectivity index (χ0v) is 12.8. The quantitative estimate of drug-likeness (QED) is 0.826. The molecule has 1 N–H and O–H groups in total. The van der Waals surface area contributed by atoms with Crippen LogP contribution in [-0.4, -0.2) is 36.1 Å². The molecule has 106 valence electrons. The van der Waals surface area contributed by atoms with E-state index in [9.17, 15) is 0 Å². The summed E-state index contributed by atoms with van der Waals surface area (Å²) in [6.07, 6.45) is 7.00. The van der Waals surface area contributed by atoms with Crippen molar-refractivity contribution in [3.8, 4) is 0 Å². The Morgan fingerprint density at radius 1 is 1.17 bits per heavy atom. The monoisotopic (exact) mass is 252 g/mol. The lowest BCUT2D eigenvalue weighted by atomic mass is 9.88. The van der Waals surface area contributed by atoms with Crippen LogP contribution in [0.25, 0.3) is 0 Å². The highest BCUT2D eigenvalue weighted by molar-refractivity contribution is 5.01. The fourth-order valence-electron chi connectivity index (χ4n) is 3.72. The Hall–Kier alpha value is -0.0800.